The summed E-state index contributed by atoms with van der Waals surface area (Å²) < 4.78 is 26.2. The lowest BCUT2D eigenvalue weighted by Gasteiger charge is -2.16. The van der Waals surface area contributed by atoms with Crippen LogP contribution in [0.15, 0.2) is 30.5 Å². The lowest BCUT2D eigenvalue weighted by atomic mass is 10.1. The molecule has 0 aliphatic rings. The summed E-state index contributed by atoms with van der Waals surface area (Å²) in [5, 5.41) is 3.82. The highest BCUT2D eigenvalue weighted by Gasteiger charge is 2.13. The number of hydrogen-bond donors (Lipinski definition) is 1. The van der Waals surface area contributed by atoms with E-state index in [1.54, 1.807) is 25.1 Å². The van der Waals surface area contributed by atoms with Crippen LogP contribution in [0.2, 0.25) is 10.0 Å². The molecule has 19 heavy (non-hydrogen) atoms. The quantitative estimate of drug-likeness (QED) is 0.877. The van der Waals surface area contributed by atoms with Gasteiger partial charge in [-0.15, -0.1) is 0 Å². The van der Waals surface area contributed by atoms with Gasteiger partial charge >= 0.3 is 0 Å². The molecule has 1 aromatic heterocycles. The van der Waals surface area contributed by atoms with Crippen molar-refractivity contribution in [2.24, 2.45) is 0 Å². The monoisotopic (exact) mass is 302 g/mol. The van der Waals surface area contributed by atoms with Crippen LogP contribution >= 0.6 is 23.2 Å². The predicted molar refractivity (Wildman–Crippen MR) is 72.7 cm³/mol. The molecule has 2 nitrogen and oxygen atoms in total. The smallest absolute Gasteiger partial charge is 0.168 e. The van der Waals surface area contributed by atoms with Crippen molar-refractivity contribution in [3.05, 3.63) is 57.7 Å². The van der Waals surface area contributed by atoms with Crippen LogP contribution in [-0.4, -0.2) is 4.98 Å². The maximum atomic E-state index is 13.5. The van der Waals surface area contributed by atoms with E-state index in [0.29, 0.717) is 10.0 Å². The number of anilines is 1. The largest absolute Gasteiger partial charge is 0.361 e. The Morgan fingerprint density at radius 1 is 1.21 bits per heavy atom. The Morgan fingerprint density at radius 2 is 1.95 bits per heavy atom. The highest BCUT2D eigenvalue weighted by molar-refractivity contribution is 6.35. The first-order chi connectivity index (χ1) is 8.97. The highest BCUT2D eigenvalue weighted by atomic mass is 35.5. The molecule has 100 valence electrons. The van der Waals surface area contributed by atoms with Gasteiger partial charge in [-0.3, -0.25) is 0 Å². The van der Waals surface area contributed by atoms with Gasteiger partial charge in [0.2, 0.25) is 0 Å². The molecule has 0 radical (unpaired) electrons. The molecule has 0 saturated carbocycles. The van der Waals surface area contributed by atoms with E-state index in [-0.39, 0.29) is 11.9 Å². The van der Waals surface area contributed by atoms with Crippen molar-refractivity contribution in [3.8, 4) is 0 Å². The van der Waals surface area contributed by atoms with Gasteiger partial charge in [-0.05, 0) is 24.6 Å². The van der Waals surface area contributed by atoms with Gasteiger partial charge in [0.1, 0.15) is 5.82 Å². The van der Waals surface area contributed by atoms with E-state index in [1.807, 2.05) is 0 Å². The summed E-state index contributed by atoms with van der Waals surface area (Å²) in [4.78, 5) is 3.66. The third-order valence-electron chi connectivity index (χ3n) is 2.59. The number of pyridine rings is 1. The van der Waals surface area contributed by atoms with Gasteiger partial charge in [-0.1, -0.05) is 29.3 Å². The summed E-state index contributed by atoms with van der Waals surface area (Å²) >= 11 is 11.9. The van der Waals surface area contributed by atoms with E-state index in [9.17, 15) is 8.78 Å². The van der Waals surface area contributed by atoms with Crippen LogP contribution < -0.4 is 5.32 Å². The van der Waals surface area contributed by atoms with Crippen LogP contribution in [0.3, 0.4) is 0 Å². The number of aromatic nitrogens is 1. The standard InChI is InChI=1S/C13H10Cl2F2N2/c1-7(10-3-2-8(14)4-11(10)15)19-13-12(17)5-9(16)6-18-13/h2-7H,1H3,(H,18,19). The average molecular weight is 303 g/mol. The number of rotatable bonds is 3. The first kappa shape index (κ1) is 14.0. The molecule has 0 saturated heterocycles. The van der Waals surface area contributed by atoms with Crippen LogP contribution in [0.5, 0.6) is 0 Å². The Morgan fingerprint density at radius 3 is 2.58 bits per heavy atom. The molecule has 6 heteroatoms. The Kier molecular flexibility index (Phi) is 4.22. The van der Waals surface area contributed by atoms with Crippen molar-refractivity contribution in [2.75, 3.05) is 5.32 Å². The molecule has 1 atom stereocenters. The summed E-state index contributed by atoms with van der Waals surface area (Å²) in [5.74, 6) is -1.50. The maximum Gasteiger partial charge on any atom is 0.168 e. The van der Waals surface area contributed by atoms with Crippen molar-refractivity contribution in [1.29, 1.82) is 0 Å². The molecule has 0 amide bonds. The van der Waals surface area contributed by atoms with E-state index in [0.717, 1.165) is 17.8 Å². The Labute approximate surface area is 119 Å². The summed E-state index contributed by atoms with van der Waals surface area (Å²) in [7, 11) is 0. The second-order valence-electron chi connectivity index (χ2n) is 4.02. The molecule has 2 rings (SSSR count). The van der Waals surface area contributed by atoms with Crippen molar-refractivity contribution >= 4 is 29.0 Å². The number of benzene rings is 1. The third-order valence-corrected chi connectivity index (χ3v) is 3.15. The zero-order valence-electron chi connectivity index (χ0n) is 9.92. The van der Waals surface area contributed by atoms with Crippen LogP contribution in [0, 0.1) is 11.6 Å². The topological polar surface area (TPSA) is 24.9 Å². The van der Waals surface area contributed by atoms with Crippen molar-refractivity contribution < 1.29 is 8.78 Å². The van der Waals surface area contributed by atoms with Gasteiger partial charge in [0, 0.05) is 16.1 Å². The SMILES string of the molecule is CC(Nc1ncc(F)cc1F)c1ccc(Cl)cc1Cl. The van der Waals surface area contributed by atoms with Crippen molar-refractivity contribution in [1.82, 2.24) is 4.98 Å². The minimum absolute atomic E-state index is 0.0279. The summed E-state index contributed by atoms with van der Waals surface area (Å²) in [6.45, 7) is 1.79. The van der Waals surface area contributed by atoms with Crippen molar-refractivity contribution in [2.45, 2.75) is 13.0 Å². The minimum Gasteiger partial charge on any atom is -0.361 e. The molecule has 1 N–H and O–H groups in total. The molecular weight excluding hydrogens is 293 g/mol. The van der Waals surface area contributed by atoms with Crippen LogP contribution in [0.25, 0.3) is 0 Å². The summed E-state index contributed by atoms with van der Waals surface area (Å²) in [6, 6.07) is 5.51. The molecule has 1 aromatic carbocycles. The third kappa shape index (κ3) is 3.33. The molecule has 0 aliphatic heterocycles. The van der Waals surface area contributed by atoms with E-state index in [1.165, 1.54) is 0 Å². The normalized spacial score (nSPS) is 12.3. The molecular formula is C13H10Cl2F2N2. The van der Waals surface area contributed by atoms with Gasteiger partial charge in [-0.25, -0.2) is 13.8 Å². The summed E-state index contributed by atoms with van der Waals surface area (Å²) in [5.41, 5.74) is 0.747. The van der Waals surface area contributed by atoms with Crippen LogP contribution in [0.1, 0.15) is 18.5 Å². The fraction of sp³-hybridized carbons (Fsp3) is 0.154. The van der Waals surface area contributed by atoms with E-state index in [2.05, 4.69) is 10.3 Å². The average Bonchev–Trinajstić information content (AvgIpc) is 2.32. The first-order valence-electron chi connectivity index (χ1n) is 5.50. The van der Waals surface area contributed by atoms with E-state index >= 15 is 0 Å². The second-order valence-corrected chi connectivity index (χ2v) is 4.86. The maximum absolute atomic E-state index is 13.5. The number of hydrogen-bond acceptors (Lipinski definition) is 2. The lowest BCUT2D eigenvalue weighted by Crippen LogP contribution is -2.10. The molecule has 0 aliphatic carbocycles. The lowest BCUT2D eigenvalue weighted by molar-refractivity contribution is 0.574. The highest BCUT2D eigenvalue weighted by Crippen LogP contribution is 2.28. The van der Waals surface area contributed by atoms with Gasteiger partial charge in [0.15, 0.2) is 11.6 Å². The molecule has 0 bridgehead atoms. The van der Waals surface area contributed by atoms with Gasteiger partial charge < -0.3 is 5.32 Å². The van der Waals surface area contributed by atoms with Gasteiger partial charge in [0.25, 0.3) is 0 Å². The number of nitrogens with one attached hydrogen (secondary N) is 1. The van der Waals surface area contributed by atoms with Gasteiger partial charge in [0.05, 0.1) is 12.2 Å². The first-order valence-corrected chi connectivity index (χ1v) is 6.25. The van der Waals surface area contributed by atoms with Crippen LogP contribution in [0.4, 0.5) is 14.6 Å². The Hall–Kier alpha value is -1.39. The number of nitrogens with zero attached hydrogens (tertiary/aromatic N) is 1. The Balaban J connectivity index is 2.23. The fourth-order valence-corrected chi connectivity index (χ4v) is 2.23. The molecule has 2 aromatic rings. The predicted octanol–water partition coefficient (Wildman–Crippen LogP) is 4.84. The van der Waals surface area contributed by atoms with Crippen LogP contribution in [-0.2, 0) is 0 Å². The molecule has 1 heterocycles. The van der Waals surface area contributed by atoms with E-state index < -0.39 is 11.6 Å². The molecule has 0 spiro atoms. The van der Waals surface area contributed by atoms with Crippen molar-refractivity contribution in [3.63, 3.8) is 0 Å². The van der Waals surface area contributed by atoms with Gasteiger partial charge in [-0.2, -0.15) is 0 Å². The second kappa shape index (κ2) is 5.72. The zero-order valence-corrected chi connectivity index (χ0v) is 11.4. The van der Waals surface area contributed by atoms with E-state index in [4.69, 9.17) is 23.2 Å². The zero-order chi connectivity index (χ0) is 14.0. The minimum atomic E-state index is -0.753. The Bertz CT molecular complexity index is 605. The molecule has 1 unspecified atom stereocenters. The number of halogens is 4. The molecule has 0 fully saturated rings. The summed E-state index contributed by atoms with van der Waals surface area (Å²) in [6.07, 6.45) is 0.946. The fourth-order valence-electron chi connectivity index (χ4n) is 1.66.